The van der Waals surface area contributed by atoms with Crippen molar-refractivity contribution < 1.29 is 9.59 Å². The summed E-state index contributed by atoms with van der Waals surface area (Å²) in [5.41, 5.74) is 7.91. The molecular formula is C31H45N9O2. The number of benzene rings is 1. The minimum Gasteiger partial charge on any atom is -0.364 e. The fraction of sp³-hybridized carbons (Fsp3) is 0.581. The second kappa shape index (κ2) is 12.7. The molecule has 2 amide bonds. The Bertz CT molecular complexity index is 1280. The van der Waals surface area contributed by atoms with Gasteiger partial charge in [-0.15, -0.1) is 10.2 Å². The Morgan fingerprint density at radius 3 is 2.45 bits per heavy atom. The largest absolute Gasteiger partial charge is 0.364 e. The van der Waals surface area contributed by atoms with E-state index >= 15 is 0 Å². The third-order valence-electron chi connectivity index (χ3n) is 9.03. The summed E-state index contributed by atoms with van der Waals surface area (Å²) in [6.07, 6.45) is 10.2. The van der Waals surface area contributed by atoms with Crippen LogP contribution in [-0.4, -0.2) is 95.2 Å². The van der Waals surface area contributed by atoms with Gasteiger partial charge in [0, 0.05) is 43.0 Å². The predicted octanol–water partition coefficient (Wildman–Crippen LogP) is 2.82. The van der Waals surface area contributed by atoms with E-state index in [-0.39, 0.29) is 34.9 Å². The summed E-state index contributed by atoms with van der Waals surface area (Å²) in [6.45, 7) is 8.13. The van der Waals surface area contributed by atoms with E-state index < -0.39 is 5.91 Å². The van der Waals surface area contributed by atoms with Crippen molar-refractivity contribution in [3.05, 3.63) is 47.7 Å². The molecule has 42 heavy (non-hydrogen) atoms. The zero-order valence-electron chi connectivity index (χ0n) is 25.3. The average molecular weight is 576 g/mol. The Morgan fingerprint density at radius 2 is 1.81 bits per heavy atom. The zero-order chi connectivity index (χ0) is 29.9. The first kappa shape index (κ1) is 29.9. The Balaban J connectivity index is 1.27. The Labute approximate surface area is 248 Å². The topological polar surface area (TPSA) is 133 Å². The molecule has 1 aromatic carbocycles. The van der Waals surface area contributed by atoms with Crippen LogP contribution in [0.15, 0.2) is 36.4 Å². The highest BCUT2D eigenvalue weighted by molar-refractivity contribution is 5.96. The maximum Gasteiger partial charge on any atom is 0.273 e. The number of nitrogens with one attached hydrogen (secondary N) is 2. The van der Waals surface area contributed by atoms with Crippen LogP contribution in [0.3, 0.4) is 0 Å². The lowest BCUT2D eigenvalue weighted by Crippen LogP contribution is -2.54. The van der Waals surface area contributed by atoms with Gasteiger partial charge in [-0.3, -0.25) is 9.59 Å². The molecule has 2 aromatic rings. The molecule has 2 atom stereocenters. The van der Waals surface area contributed by atoms with E-state index in [0.29, 0.717) is 19.0 Å². The first-order valence-electron chi connectivity index (χ1n) is 15.2. The number of nitrogens with zero attached hydrogens (tertiary/aromatic N) is 6. The van der Waals surface area contributed by atoms with Crippen molar-refractivity contribution in [3.8, 4) is 0 Å². The van der Waals surface area contributed by atoms with Crippen LogP contribution in [0.25, 0.3) is 0 Å². The number of nitrogens with two attached hydrogens (primary N) is 1. The number of piperidine rings is 2. The monoisotopic (exact) mass is 575 g/mol. The summed E-state index contributed by atoms with van der Waals surface area (Å²) >= 11 is 0. The Kier molecular flexibility index (Phi) is 9.08. The van der Waals surface area contributed by atoms with Crippen LogP contribution in [0, 0.1) is 0 Å². The smallest absolute Gasteiger partial charge is 0.273 e. The SMILES string of the molecule is C[C@@H]1[C@H](NC(=O)/C=C/CN(C)C)CCCN1c1nnc(C(N)=O)c(Nc2ccc(C3(C)CCN(C4CC4)CC3)cc2)n1. The molecule has 2 saturated heterocycles. The molecule has 3 heterocycles. The van der Waals surface area contributed by atoms with Gasteiger partial charge < -0.3 is 31.1 Å². The van der Waals surface area contributed by atoms with Gasteiger partial charge >= 0.3 is 0 Å². The van der Waals surface area contributed by atoms with Gasteiger partial charge in [0.25, 0.3) is 5.91 Å². The minimum absolute atomic E-state index is 0.0113. The van der Waals surface area contributed by atoms with Crippen LogP contribution in [0.2, 0.25) is 0 Å². The summed E-state index contributed by atoms with van der Waals surface area (Å²) in [5, 5.41) is 14.8. The number of rotatable bonds is 10. The van der Waals surface area contributed by atoms with Crippen molar-refractivity contribution in [2.45, 2.75) is 75.9 Å². The summed E-state index contributed by atoms with van der Waals surface area (Å²) in [6, 6.07) is 9.07. The lowest BCUT2D eigenvalue weighted by molar-refractivity contribution is -0.117. The van der Waals surface area contributed by atoms with Gasteiger partial charge in [0.15, 0.2) is 11.5 Å². The molecule has 4 N–H and O–H groups in total. The Morgan fingerprint density at radius 1 is 1.10 bits per heavy atom. The summed E-state index contributed by atoms with van der Waals surface area (Å²) in [4.78, 5) is 36.1. The number of anilines is 3. The molecule has 0 radical (unpaired) electrons. The van der Waals surface area contributed by atoms with Gasteiger partial charge in [-0.1, -0.05) is 25.1 Å². The van der Waals surface area contributed by atoms with Crippen LogP contribution in [0.5, 0.6) is 0 Å². The Hall–Kier alpha value is -3.57. The molecule has 11 heteroatoms. The van der Waals surface area contributed by atoms with Crippen molar-refractivity contribution in [3.63, 3.8) is 0 Å². The van der Waals surface area contributed by atoms with E-state index in [2.05, 4.69) is 44.8 Å². The highest BCUT2D eigenvalue weighted by Gasteiger charge is 2.37. The zero-order valence-corrected chi connectivity index (χ0v) is 25.3. The number of carbonyl (C=O) groups excluding carboxylic acids is 2. The number of likely N-dealkylation sites (N-methyl/N-ethyl adjacent to an activating group) is 1. The number of hydrogen-bond acceptors (Lipinski definition) is 9. The molecule has 1 saturated carbocycles. The third-order valence-corrected chi connectivity index (χ3v) is 9.03. The van der Waals surface area contributed by atoms with Crippen LogP contribution in [0.4, 0.5) is 17.5 Å². The van der Waals surface area contributed by atoms with Crippen molar-refractivity contribution >= 4 is 29.3 Å². The fourth-order valence-electron chi connectivity index (χ4n) is 6.12. The third kappa shape index (κ3) is 7.07. The van der Waals surface area contributed by atoms with Crippen LogP contribution in [-0.2, 0) is 10.2 Å². The van der Waals surface area contributed by atoms with Crippen molar-refractivity contribution in [1.29, 1.82) is 0 Å². The molecular weight excluding hydrogens is 530 g/mol. The van der Waals surface area contributed by atoms with Gasteiger partial charge in [0.1, 0.15) is 0 Å². The van der Waals surface area contributed by atoms with Crippen LogP contribution >= 0.6 is 0 Å². The number of carbonyl (C=O) groups is 2. The standard InChI is InChI=1S/C31H45N9O2/c1-21-25(34-26(41)8-6-17-38(3)4)7-5-18-40(21)30-35-29(27(28(32)42)36-37-30)33-23-11-9-22(10-12-23)31(2)15-19-39(20-16-31)24-13-14-24/h6,8-12,21,24-25H,5,7,13-20H2,1-4H3,(H2,32,42)(H,34,41)(H,33,35,37)/b8-6+/t21-,25-/m1/s1. The molecule has 3 aliphatic rings. The number of likely N-dealkylation sites (tertiary alicyclic amines) is 1. The van der Waals surface area contributed by atoms with Gasteiger partial charge in [0.05, 0.1) is 0 Å². The van der Waals surface area contributed by atoms with Gasteiger partial charge in [0.2, 0.25) is 11.9 Å². The van der Waals surface area contributed by atoms with Gasteiger partial charge in [-0.05, 0) is 95.7 Å². The number of primary amides is 1. The summed E-state index contributed by atoms with van der Waals surface area (Å²) in [5.74, 6) is -0.151. The predicted molar refractivity (Wildman–Crippen MR) is 165 cm³/mol. The van der Waals surface area contributed by atoms with E-state index in [1.54, 1.807) is 6.08 Å². The number of amides is 2. The molecule has 1 aliphatic carbocycles. The average Bonchev–Trinajstić information content (AvgIpc) is 3.80. The van der Waals surface area contributed by atoms with E-state index in [4.69, 9.17) is 10.7 Å². The maximum atomic E-state index is 12.5. The molecule has 3 fully saturated rings. The second-order valence-electron chi connectivity index (χ2n) is 12.6. The first-order valence-corrected chi connectivity index (χ1v) is 15.2. The van der Waals surface area contributed by atoms with E-state index in [1.165, 1.54) is 18.4 Å². The van der Waals surface area contributed by atoms with Crippen molar-refractivity contribution in [2.24, 2.45) is 5.73 Å². The van der Waals surface area contributed by atoms with Gasteiger partial charge in [-0.25, -0.2) is 0 Å². The lowest BCUT2D eigenvalue weighted by Gasteiger charge is -2.40. The maximum absolute atomic E-state index is 12.5. The highest BCUT2D eigenvalue weighted by atomic mass is 16.2. The molecule has 11 nitrogen and oxygen atoms in total. The molecule has 0 spiro atoms. The number of aromatic nitrogens is 3. The number of hydrogen-bond donors (Lipinski definition) is 3. The quantitative estimate of drug-likeness (QED) is 0.366. The molecule has 0 unspecified atom stereocenters. The summed E-state index contributed by atoms with van der Waals surface area (Å²) < 4.78 is 0. The van der Waals surface area contributed by atoms with Crippen LogP contribution in [0.1, 0.15) is 68.4 Å². The fourth-order valence-corrected chi connectivity index (χ4v) is 6.12. The minimum atomic E-state index is -0.697. The lowest BCUT2D eigenvalue weighted by atomic mass is 9.74. The van der Waals surface area contributed by atoms with Gasteiger partial charge in [-0.2, -0.15) is 4.98 Å². The molecule has 5 rings (SSSR count). The van der Waals surface area contributed by atoms with E-state index in [1.807, 2.05) is 49.0 Å². The normalized spacial score (nSPS) is 22.8. The second-order valence-corrected chi connectivity index (χ2v) is 12.6. The molecule has 0 bridgehead atoms. The highest BCUT2D eigenvalue weighted by Crippen LogP contribution is 2.39. The molecule has 1 aromatic heterocycles. The summed E-state index contributed by atoms with van der Waals surface area (Å²) in [7, 11) is 3.91. The molecule has 2 aliphatic heterocycles. The molecule has 226 valence electrons. The van der Waals surface area contributed by atoms with E-state index in [9.17, 15) is 9.59 Å². The van der Waals surface area contributed by atoms with Crippen LogP contribution < -0.4 is 21.3 Å². The first-order chi connectivity index (χ1) is 20.1. The van der Waals surface area contributed by atoms with E-state index in [0.717, 1.165) is 50.5 Å². The van der Waals surface area contributed by atoms with Crippen molar-refractivity contribution in [2.75, 3.05) is 50.5 Å². The van der Waals surface area contributed by atoms with Crippen molar-refractivity contribution in [1.82, 2.24) is 30.3 Å².